The van der Waals surface area contributed by atoms with Gasteiger partial charge in [-0.05, 0) is 50.0 Å². The smallest absolute Gasteiger partial charge is 0.220 e. The molecule has 1 amide bonds. The van der Waals surface area contributed by atoms with Gasteiger partial charge < -0.3 is 10.6 Å². The van der Waals surface area contributed by atoms with Gasteiger partial charge in [-0.1, -0.05) is 12.1 Å². The zero-order valence-corrected chi connectivity index (χ0v) is 10.6. The van der Waals surface area contributed by atoms with Crippen LogP contribution in [0.2, 0.25) is 0 Å². The van der Waals surface area contributed by atoms with E-state index in [9.17, 15) is 9.18 Å². The Morgan fingerprint density at radius 3 is 3.11 bits per heavy atom. The topological polar surface area (TPSA) is 41.1 Å². The number of carbonyl (C=O) groups is 1. The van der Waals surface area contributed by atoms with Crippen LogP contribution in [-0.4, -0.2) is 19.0 Å². The molecule has 2 N–H and O–H groups in total. The summed E-state index contributed by atoms with van der Waals surface area (Å²) in [5.74, 6) is 0.207. The molecule has 0 radical (unpaired) electrons. The normalized spacial score (nSPS) is 20.7. The van der Waals surface area contributed by atoms with Crippen molar-refractivity contribution < 1.29 is 9.18 Å². The van der Waals surface area contributed by atoms with Crippen LogP contribution >= 0.6 is 0 Å². The molecule has 0 spiro atoms. The van der Waals surface area contributed by atoms with Crippen LogP contribution in [0.1, 0.15) is 31.4 Å². The standard InChI is InChI=1S/C14H19FN2O/c1-10(12-3-2-4-13(15)8-12)17-14(18)7-11-5-6-16-9-11/h2-4,8,10-11,16H,5-7,9H2,1H3,(H,17,18). The van der Waals surface area contributed by atoms with Crippen molar-refractivity contribution in [2.45, 2.75) is 25.8 Å². The molecule has 0 aliphatic carbocycles. The van der Waals surface area contributed by atoms with Crippen LogP contribution < -0.4 is 10.6 Å². The number of rotatable bonds is 4. The number of hydrogen-bond donors (Lipinski definition) is 2. The van der Waals surface area contributed by atoms with Crippen molar-refractivity contribution in [2.24, 2.45) is 5.92 Å². The first-order valence-corrected chi connectivity index (χ1v) is 6.40. The SMILES string of the molecule is CC(NC(=O)CC1CCNC1)c1cccc(F)c1. The first-order valence-electron chi connectivity index (χ1n) is 6.40. The molecule has 0 saturated carbocycles. The number of nitrogens with one attached hydrogen (secondary N) is 2. The van der Waals surface area contributed by atoms with Crippen LogP contribution in [-0.2, 0) is 4.79 Å². The maximum atomic E-state index is 13.1. The van der Waals surface area contributed by atoms with Crippen LogP contribution in [0.25, 0.3) is 0 Å². The molecular weight excluding hydrogens is 231 g/mol. The zero-order chi connectivity index (χ0) is 13.0. The van der Waals surface area contributed by atoms with Gasteiger partial charge in [-0.2, -0.15) is 0 Å². The minimum atomic E-state index is -0.270. The molecule has 1 heterocycles. The summed E-state index contributed by atoms with van der Waals surface area (Å²) >= 11 is 0. The van der Waals surface area contributed by atoms with E-state index in [1.54, 1.807) is 6.07 Å². The maximum Gasteiger partial charge on any atom is 0.220 e. The molecule has 3 nitrogen and oxygen atoms in total. The minimum absolute atomic E-state index is 0.0421. The molecule has 2 unspecified atom stereocenters. The largest absolute Gasteiger partial charge is 0.350 e. The predicted octanol–water partition coefficient (Wildman–Crippen LogP) is 2.00. The lowest BCUT2D eigenvalue weighted by atomic mass is 10.0. The molecule has 1 aliphatic rings. The highest BCUT2D eigenvalue weighted by atomic mass is 19.1. The van der Waals surface area contributed by atoms with Gasteiger partial charge in [0, 0.05) is 6.42 Å². The number of amides is 1. The van der Waals surface area contributed by atoms with Crippen molar-refractivity contribution in [1.82, 2.24) is 10.6 Å². The van der Waals surface area contributed by atoms with Crippen molar-refractivity contribution in [2.75, 3.05) is 13.1 Å². The van der Waals surface area contributed by atoms with Gasteiger partial charge in [0.2, 0.25) is 5.91 Å². The second-order valence-electron chi connectivity index (χ2n) is 4.91. The number of benzene rings is 1. The fourth-order valence-electron chi connectivity index (χ4n) is 2.31. The zero-order valence-electron chi connectivity index (χ0n) is 10.6. The summed E-state index contributed by atoms with van der Waals surface area (Å²) in [6.07, 6.45) is 1.61. The van der Waals surface area contributed by atoms with E-state index in [2.05, 4.69) is 10.6 Å². The second kappa shape index (κ2) is 5.96. The lowest BCUT2D eigenvalue weighted by molar-refractivity contribution is -0.122. The first-order chi connectivity index (χ1) is 8.65. The fourth-order valence-corrected chi connectivity index (χ4v) is 2.31. The molecule has 1 aliphatic heterocycles. The van der Waals surface area contributed by atoms with E-state index < -0.39 is 0 Å². The van der Waals surface area contributed by atoms with Crippen LogP contribution in [0.4, 0.5) is 4.39 Å². The summed E-state index contributed by atoms with van der Waals surface area (Å²) in [5, 5.41) is 6.16. The van der Waals surface area contributed by atoms with Crippen molar-refractivity contribution in [3.05, 3.63) is 35.6 Å². The summed E-state index contributed by atoms with van der Waals surface area (Å²) in [6.45, 7) is 3.79. The van der Waals surface area contributed by atoms with Gasteiger partial charge >= 0.3 is 0 Å². The lowest BCUT2D eigenvalue weighted by Crippen LogP contribution is -2.28. The number of carbonyl (C=O) groups excluding carboxylic acids is 1. The highest BCUT2D eigenvalue weighted by Crippen LogP contribution is 2.16. The number of hydrogen-bond acceptors (Lipinski definition) is 2. The molecule has 2 atom stereocenters. The monoisotopic (exact) mass is 250 g/mol. The van der Waals surface area contributed by atoms with Gasteiger partial charge in [-0.3, -0.25) is 4.79 Å². The third kappa shape index (κ3) is 3.53. The fraction of sp³-hybridized carbons (Fsp3) is 0.500. The Bertz CT molecular complexity index is 416. The van der Waals surface area contributed by atoms with Crippen LogP contribution in [0, 0.1) is 11.7 Å². The first kappa shape index (κ1) is 13.0. The predicted molar refractivity (Wildman–Crippen MR) is 68.6 cm³/mol. The van der Waals surface area contributed by atoms with E-state index in [-0.39, 0.29) is 17.8 Å². The third-order valence-corrected chi connectivity index (χ3v) is 3.36. The highest BCUT2D eigenvalue weighted by Gasteiger charge is 2.19. The van der Waals surface area contributed by atoms with E-state index in [1.807, 2.05) is 13.0 Å². The van der Waals surface area contributed by atoms with Crippen molar-refractivity contribution in [1.29, 1.82) is 0 Å². The van der Waals surface area contributed by atoms with Crippen LogP contribution in [0.3, 0.4) is 0 Å². The van der Waals surface area contributed by atoms with E-state index >= 15 is 0 Å². The summed E-state index contributed by atoms with van der Waals surface area (Å²) in [4.78, 5) is 11.8. The molecule has 1 aromatic rings. The Kier molecular flexibility index (Phi) is 4.31. The van der Waals surface area contributed by atoms with Gasteiger partial charge in [0.25, 0.3) is 0 Å². The van der Waals surface area contributed by atoms with Crippen molar-refractivity contribution in [3.8, 4) is 0 Å². The van der Waals surface area contributed by atoms with E-state index in [0.717, 1.165) is 25.1 Å². The molecule has 0 aromatic heterocycles. The third-order valence-electron chi connectivity index (χ3n) is 3.36. The highest BCUT2D eigenvalue weighted by molar-refractivity contribution is 5.76. The van der Waals surface area contributed by atoms with Crippen LogP contribution in [0.5, 0.6) is 0 Å². The molecular formula is C14H19FN2O. The quantitative estimate of drug-likeness (QED) is 0.858. The summed E-state index contributed by atoms with van der Waals surface area (Å²) in [7, 11) is 0. The van der Waals surface area contributed by atoms with Gasteiger partial charge in [0.15, 0.2) is 0 Å². The summed E-state index contributed by atoms with van der Waals surface area (Å²) in [5.41, 5.74) is 0.799. The van der Waals surface area contributed by atoms with E-state index in [1.165, 1.54) is 12.1 Å². The Labute approximate surface area is 107 Å². The van der Waals surface area contributed by atoms with Gasteiger partial charge in [0.05, 0.1) is 6.04 Å². The molecule has 1 fully saturated rings. The Morgan fingerprint density at radius 2 is 2.44 bits per heavy atom. The lowest BCUT2D eigenvalue weighted by Gasteiger charge is -2.16. The average molecular weight is 250 g/mol. The van der Waals surface area contributed by atoms with Gasteiger partial charge in [-0.25, -0.2) is 4.39 Å². The number of halogens is 1. The molecule has 2 rings (SSSR count). The molecule has 0 bridgehead atoms. The molecule has 98 valence electrons. The summed E-state index contributed by atoms with van der Waals surface area (Å²) < 4.78 is 13.1. The molecule has 18 heavy (non-hydrogen) atoms. The Balaban J connectivity index is 1.86. The Hall–Kier alpha value is -1.42. The second-order valence-corrected chi connectivity index (χ2v) is 4.91. The molecule has 1 saturated heterocycles. The minimum Gasteiger partial charge on any atom is -0.350 e. The van der Waals surface area contributed by atoms with E-state index in [0.29, 0.717) is 12.3 Å². The van der Waals surface area contributed by atoms with Crippen LogP contribution in [0.15, 0.2) is 24.3 Å². The van der Waals surface area contributed by atoms with E-state index in [4.69, 9.17) is 0 Å². The maximum absolute atomic E-state index is 13.1. The average Bonchev–Trinajstić information content (AvgIpc) is 2.81. The molecule has 4 heteroatoms. The molecule has 1 aromatic carbocycles. The van der Waals surface area contributed by atoms with Gasteiger partial charge in [0.1, 0.15) is 5.82 Å². The Morgan fingerprint density at radius 1 is 1.61 bits per heavy atom. The van der Waals surface area contributed by atoms with Gasteiger partial charge in [-0.15, -0.1) is 0 Å². The van der Waals surface area contributed by atoms with Crippen molar-refractivity contribution >= 4 is 5.91 Å². The van der Waals surface area contributed by atoms with Crippen molar-refractivity contribution in [3.63, 3.8) is 0 Å². The summed E-state index contributed by atoms with van der Waals surface area (Å²) in [6, 6.07) is 6.20.